The van der Waals surface area contributed by atoms with E-state index in [0.29, 0.717) is 12.2 Å². The number of nitriles is 1. The Kier molecular flexibility index (Phi) is 3.93. The van der Waals surface area contributed by atoms with Crippen LogP contribution in [0.3, 0.4) is 0 Å². The Labute approximate surface area is 143 Å². The SMILES string of the molecule is CC(=O)N1CCc2cc(Nc3c(C#N)c(=O)n(C)c(=O)n3C)ccc21. The minimum Gasteiger partial charge on any atom is -0.340 e. The predicted octanol–water partition coefficient (Wildman–Crippen LogP) is 0.608. The van der Waals surface area contributed by atoms with Gasteiger partial charge in [0.05, 0.1) is 0 Å². The molecular formula is C17H17N5O3. The molecule has 0 bridgehead atoms. The van der Waals surface area contributed by atoms with E-state index < -0.39 is 11.2 Å². The van der Waals surface area contributed by atoms with Crippen molar-refractivity contribution in [1.82, 2.24) is 9.13 Å². The van der Waals surface area contributed by atoms with Crippen LogP contribution in [0.15, 0.2) is 27.8 Å². The molecule has 0 atom stereocenters. The zero-order valence-electron chi connectivity index (χ0n) is 14.2. The summed E-state index contributed by atoms with van der Waals surface area (Å²) in [5.41, 5.74) is 1.20. The molecule has 8 nitrogen and oxygen atoms in total. The molecule has 1 N–H and O–H groups in total. The molecule has 8 heteroatoms. The van der Waals surface area contributed by atoms with Crippen LogP contribution in [0.25, 0.3) is 0 Å². The van der Waals surface area contributed by atoms with E-state index in [1.165, 1.54) is 25.6 Å². The molecule has 0 unspecified atom stereocenters. The molecule has 128 valence electrons. The van der Waals surface area contributed by atoms with E-state index >= 15 is 0 Å². The molecule has 2 aromatic rings. The number of fused-ring (bicyclic) bond motifs is 1. The molecule has 0 saturated heterocycles. The molecule has 0 radical (unpaired) electrons. The molecule has 25 heavy (non-hydrogen) atoms. The van der Waals surface area contributed by atoms with E-state index in [4.69, 9.17) is 0 Å². The number of aromatic nitrogens is 2. The van der Waals surface area contributed by atoms with Crippen LogP contribution in [0.5, 0.6) is 0 Å². The Bertz CT molecular complexity index is 1040. The fraction of sp³-hybridized carbons (Fsp3) is 0.294. The number of nitrogens with one attached hydrogen (secondary N) is 1. The van der Waals surface area contributed by atoms with Gasteiger partial charge in [-0.2, -0.15) is 5.26 Å². The van der Waals surface area contributed by atoms with Crippen molar-refractivity contribution in [3.63, 3.8) is 0 Å². The molecule has 1 amide bonds. The van der Waals surface area contributed by atoms with Gasteiger partial charge in [-0.1, -0.05) is 0 Å². The lowest BCUT2D eigenvalue weighted by Crippen LogP contribution is -2.39. The number of carbonyl (C=O) groups excluding carboxylic acids is 1. The zero-order chi connectivity index (χ0) is 18.3. The van der Waals surface area contributed by atoms with Crippen LogP contribution >= 0.6 is 0 Å². The van der Waals surface area contributed by atoms with Gasteiger partial charge >= 0.3 is 5.69 Å². The average Bonchev–Trinajstić information content (AvgIpc) is 3.01. The van der Waals surface area contributed by atoms with Gasteiger partial charge in [0.2, 0.25) is 5.91 Å². The summed E-state index contributed by atoms with van der Waals surface area (Å²) in [5, 5.41) is 12.3. The van der Waals surface area contributed by atoms with Gasteiger partial charge < -0.3 is 10.2 Å². The summed E-state index contributed by atoms with van der Waals surface area (Å²) in [4.78, 5) is 37.6. The lowest BCUT2D eigenvalue weighted by Gasteiger charge is -2.16. The number of amides is 1. The molecule has 0 fully saturated rings. The van der Waals surface area contributed by atoms with Crippen LogP contribution < -0.4 is 21.5 Å². The summed E-state index contributed by atoms with van der Waals surface area (Å²) in [7, 11) is 2.83. The van der Waals surface area contributed by atoms with Crippen LogP contribution in [0.2, 0.25) is 0 Å². The highest BCUT2D eigenvalue weighted by Gasteiger charge is 2.23. The summed E-state index contributed by atoms with van der Waals surface area (Å²) in [5.74, 6) is 0.136. The van der Waals surface area contributed by atoms with Crippen molar-refractivity contribution in [2.24, 2.45) is 14.1 Å². The first-order valence-corrected chi connectivity index (χ1v) is 7.73. The second-order valence-electron chi connectivity index (χ2n) is 5.93. The van der Waals surface area contributed by atoms with E-state index in [9.17, 15) is 19.6 Å². The maximum Gasteiger partial charge on any atom is 0.332 e. The minimum absolute atomic E-state index is 0.0137. The fourth-order valence-corrected chi connectivity index (χ4v) is 3.03. The molecule has 1 aliphatic heterocycles. The molecule has 0 saturated carbocycles. The number of hydrogen-bond acceptors (Lipinski definition) is 5. The van der Waals surface area contributed by atoms with Crippen LogP contribution in [-0.2, 0) is 25.3 Å². The number of nitrogens with zero attached hydrogens (tertiary/aromatic N) is 4. The molecule has 1 aromatic carbocycles. The Morgan fingerprint density at radius 2 is 1.96 bits per heavy atom. The smallest absolute Gasteiger partial charge is 0.332 e. The Hall–Kier alpha value is -3.34. The Morgan fingerprint density at radius 3 is 2.60 bits per heavy atom. The van der Waals surface area contributed by atoms with Gasteiger partial charge in [0, 0.05) is 38.9 Å². The van der Waals surface area contributed by atoms with Gasteiger partial charge in [0.15, 0.2) is 5.56 Å². The molecule has 0 aliphatic carbocycles. The third kappa shape index (κ3) is 2.59. The molecule has 0 spiro atoms. The van der Waals surface area contributed by atoms with Crippen LogP contribution in [0.4, 0.5) is 17.2 Å². The number of anilines is 3. The Morgan fingerprint density at radius 1 is 1.24 bits per heavy atom. The zero-order valence-corrected chi connectivity index (χ0v) is 14.2. The predicted molar refractivity (Wildman–Crippen MR) is 93.1 cm³/mol. The van der Waals surface area contributed by atoms with Crippen LogP contribution in [0, 0.1) is 11.3 Å². The second kappa shape index (κ2) is 5.94. The average molecular weight is 339 g/mol. The van der Waals surface area contributed by atoms with Crippen molar-refractivity contribution in [3.8, 4) is 6.07 Å². The van der Waals surface area contributed by atoms with Crippen molar-refractivity contribution in [2.45, 2.75) is 13.3 Å². The number of benzene rings is 1. The second-order valence-corrected chi connectivity index (χ2v) is 5.93. The topological polar surface area (TPSA) is 100 Å². The largest absolute Gasteiger partial charge is 0.340 e. The normalized spacial score (nSPS) is 12.6. The Balaban J connectivity index is 2.06. The van der Waals surface area contributed by atoms with Gasteiger partial charge in [-0.25, -0.2) is 4.79 Å². The maximum atomic E-state index is 12.1. The van der Waals surface area contributed by atoms with E-state index in [-0.39, 0.29) is 17.3 Å². The van der Waals surface area contributed by atoms with Gasteiger partial charge in [-0.05, 0) is 30.2 Å². The van der Waals surface area contributed by atoms with Gasteiger partial charge in [0.1, 0.15) is 11.9 Å². The van der Waals surface area contributed by atoms with Crippen LogP contribution in [0.1, 0.15) is 18.1 Å². The monoisotopic (exact) mass is 339 g/mol. The highest BCUT2D eigenvalue weighted by Crippen LogP contribution is 2.31. The van der Waals surface area contributed by atoms with Crippen molar-refractivity contribution >= 4 is 23.1 Å². The summed E-state index contributed by atoms with van der Waals surface area (Å²) >= 11 is 0. The van der Waals surface area contributed by atoms with Crippen molar-refractivity contribution in [2.75, 3.05) is 16.8 Å². The molecule has 1 aromatic heterocycles. The van der Waals surface area contributed by atoms with Crippen LogP contribution in [-0.4, -0.2) is 21.6 Å². The third-order valence-electron chi connectivity index (χ3n) is 4.39. The van der Waals surface area contributed by atoms with E-state index in [2.05, 4.69) is 5.32 Å². The molecular weight excluding hydrogens is 322 g/mol. The summed E-state index contributed by atoms with van der Waals surface area (Å²) < 4.78 is 2.13. The number of carbonyl (C=O) groups is 1. The summed E-state index contributed by atoms with van der Waals surface area (Å²) in [6, 6.07) is 7.29. The van der Waals surface area contributed by atoms with E-state index in [0.717, 1.165) is 22.2 Å². The minimum atomic E-state index is -0.642. The summed E-state index contributed by atoms with van der Waals surface area (Å²) in [6.45, 7) is 2.15. The lowest BCUT2D eigenvalue weighted by molar-refractivity contribution is -0.116. The maximum absolute atomic E-state index is 12.1. The van der Waals surface area contributed by atoms with Gasteiger partial charge in [-0.3, -0.25) is 18.7 Å². The van der Waals surface area contributed by atoms with Gasteiger partial charge in [-0.15, -0.1) is 0 Å². The van der Waals surface area contributed by atoms with Crippen molar-refractivity contribution < 1.29 is 4.79 Å². The molecule has 1 aliphatic rings. The standard InChI is InChI=1S/C17H17N5O3/c1-10(23)22-7-6-11-8-12(4-5-14(11)22)19-15-13(9-18)16(24)21(3)17(25)20(15)2/h4-5,8,19H,6-7H2,1-3H3. The lowest BCUT2D eigenvalue weighted by atomic mass is 10.1. The summed E-state index contributed by atoms with van der Waals surface area (Å²) in [6.07, 6.45) is 0.727. The first kappa shape index (κ1) is 16.5. The highest BCUT2D eigenvalue weighted by atomic mass is 16.2. The quantitative estimate of drug-likeness (QED) is 0.864. The molecule has 3 rings (SSSR count). The first-order valence-electron chi connectivity index (χ1n) is 7.73. The van der Waals surface area contributed by atoms with Crippen molar-refractivity contribution in [3.05, 3.63) is 50.2 Å². The third-order valence-corrected chi connectivity index (χ3v) is 4.39. The van der Waals surface area contributed by atoms with E-state index in [1.54, 1.807) is 11.0 Å². The fourth-order valence-electron chi connectivity index (χ4n) is 3.03. The number of hydrogen-bond donors (Lipinski definition) is 1. The molecule has 2 heterocycles. The first-order chi connectivity index (χ1) is 11.8. The van der Waals surface area contributed by atoms with Crippen molar-refractivity contribution in [1.29, 1.82) is 5.26 Å². The van der Waals surface area contributed by atoms with Gasteiger partial charge in [0.25, 0.3) is 5.56 Å². The van der Waals surface area contributed by atoms with E-state index in [1.807, 2.05) is 18.2 Å². The highest BCUT2D eigenvalue weighted by molar-refractivity contribution is 5.94. The number of rotatable bonds is 2.